The van der Waals surface area contributed by atoms with Gasteiger partial charge in [0.25, 0.3) is 5.91 Å². The molecule has 2 heterocycles. The molecule has 0 atom stereocenters. The number of aryl methyl sites for hydroxylation is 2. The predicted octanol–water partition coefficient (Wildman–Crippen LogP) is 3.73. The standard InChI is InChI=1S/C23H33N3O2/c1-17-7-8-19-18(2)21(28-20(19)15-17)22(27)24-16-23(9-5-4-6-10-23)26-13-11-25(3)12-14-26/h7-8,15H,4-6,9-14,16H2,1-3H3,(H,24,27). The van der Waals surface area contributed by atoms with Crippen molar-refractivity contribution in [2.24, 2.45) is 0 Å². The molecule has 1 aliphatic carbocycles. The molecule has 1 aromatic carbocycles. The molecule has 1 aromatic heterocycles. The molecule has 152 valence electrons. The Morgan fingerprint density at radius 1 is 1.11 bits per heavy atom. The van der Waals surface area contributed by atoms with E-state index in [1.165, 1.54) is 32.1 Å². The summed E-state index contributed by atoms with van der Waals surface area (Å²) >= 11 is 0. The third-order valence-electron chi connectivity index (χ3n) is 6.84. The maximum Gasteiger partial charge on any atom is 0.287 e. The highest BCUT2D eigenvalue weighted by molar-refractivity contribution is 5.99. The molecule has 2 aromatic rings. The molecule has 1 saturated heterocycles. The van der Waals surface area contributed by atoms with Gasteiger partial charge in [0.05, 0.1) is 0 Å². The van der Waals surface area contributed by atoms with Crippen LogP contribution in [-0.4, -0.2) is 61.0 Å². The minimum Gasteiger partial charge on any atom is -0.451 e. The molecule has 1 amide bonds. The normalized spacial score (nSPS) is 21.1. The lowest BCUT2D eigenvalue weighted by Gasteiger charge is -2.49. The monoisotopic (exact) mass is 383 g/mol. The van der Waals surface area contributed by atoms with Gasteiger partial charge in [-0.1, -0.05) is 31.4 Å². The zero-order valence-corrected chi connectivity index (χ0v) is 17.5. The molecular weight excluding hydrogens is 350 g/mol. The van der Waals surface area contributed by atoms with Crippen molar-refractivity contribution >= 4 is 16.9 Å². The lowest BCUT2D eigenvalue weighted by Crippen LogP contribution is -2.61. The number of carbonyl (C=O) groups excluding carboxylic acids is 1. The summed E-state index contributed by atoms with van der Waals surface area (Å²) < 4.78 is 5.94. The van der Waals surface area contributed by atoms with Crippen molar-refractivity contribution in [3.05, 3.63) is 35.1 Å². The largest absolute Gasteiger partial charge is 0.451 e. The number of rotatable bonds is 4. The summed E-state index contributed by atoms with van der Waals surface area (Å²) in [4.78, 5) is 18.0. The summed E-state index contributed by atoms with van der Waals surface area (Å²) in [7, 11) is 2.19. The first kappa shape index (κ1) is 19.5. The molecule has 2 aliphatic rings. The van der Waals surface area contributed by atoms with Crippen LogP contribution in [0.5, 0.6) is 0 Å². The number of carbonyl (C=O) groups is 1. The van der Waals surface area contributed by atoms with Gasteiger partial charge in [0.1, 0.15) is 5.58 Å². The second-order valence-electron chi connectivity index (χ2n) is 8.81. The van der Waals surface area contributed by atoms with Crippen LogP contribution in [0.2, 0.25) is 0 Å². The lowest BCUT2D eigenvalue weighted by atomic mass is 9.79. The Morgan fingerprint density at radius 2 is 1.82 bits per heavy atom. The van der Waals surface area contributed by atoms with E-state index in [2.05, 4.69) is 28.2 Å². The number of hydrogen-bond donors (Lipinski definition) is 1. The number of benzene rings is 1. The topological polar surface area (TPSA) is 48.7 Å². The molecule has 1 saturated carbocycles. The molecule has 0 bridgehead atoms. The van der Waals surface area contributed by atoms with Gasteiger partial charge < -0.3 is 14.6 Å². The fourth-order valence-corrected chi connectivity index (χ4v) is 4.97. The summed E-state index contributed by atoms with van der Waals surface area (Å²) in [6.45, 7) is 9.14. The average molecular weight is 384 g/mol. The van der Waals surface area contributed by atoms with Gasteiger partial charge in [0, 0.05) is 49.2 Å². The molecule has 0 unspecified atom stereocenters. The summed E-state index contributed by atoms with van der Waals surface area (Å²) in [5.41, 5.74) is 2.98. The van der Waals surface area contributed by atoms with Crippen LogP contribution >= 0.6 is 0 Å². The average Bonchev–Trinajstić information content (AvgIpc) is 3.03. The number of likely N-dealkylation sites (N-methyl/N-ethyl adjacent to an activating group) is 1. The van der Waals surface area contributed by atoms with E-state index in [9.17, 15) is 4.79 Å². The third kappa shape index (κ3) is 3.70. The van der Waals surface area contributed by atoms with Crippen LogP contribution in [0.25, 0.3) is 11.0 Å². The highest BCUT2D eigenvalue weighted by Gasteiger charge is 2.39. The molecule has 0 radical (unpaired) electrons. The summed E-state index contributed by atoms with van der Waals surface area (Å²) in [5, 5.41) is 4.28. The Bertz CT molecular complexity index is 843. The first-order valence-electron chi connectivity index (χ1n) is 10.7. The molecule has 1 N–H and O–H groups in total. The van der Waals surface area contributed by atoms with Crippen LogP contribution in [0.4, 0.5) is 0 Å². The lowest BCUT2D eigenvalue weighted by molar-refractivity contribution is 0.0136. The van der Waals surface area contributed by atoms with Gasteiger partial charge in [-0.3, -0.25) is 9.69 Å². The van der Waals surface area contributed by atoms with Gasteiger partial charge in [-0.15, -0.1) is 0 Å². The van der Waals surface area contributed by atoms with Crippen molar-refractivity contribution in [2.45, 2.75) is 51.5 Å². The van der Waals surface area contributed by atoms with Gasteiger partial charge in [0.15, 0.2) is 5.76 Å². The van der Waals surface area contributed by atoms with Crippen LogP contribution in [0, 0.1) is 13.8 Å². The second kappa shape index (κ2) is 7.88. The maximum absolute atomic E-state index is 13.0. The zero-order chi connectivity index (χ0) is 19.7. The van der Waals surface area contributed by atoms with Crippen molar-refractivity contribution in [1.29, 1.82) is 0 Å². The van der Waals surface area contributed by atoms with Crippen molar-refractivity contribution in [3.8, 4) is 0 Å². The molecular formula is C23H33N3O2. The van der Waals surface area contributed by atoms with Gasteiger partial charge in [0.2, 0.25) is 0 Å². The van der Waals surface area contributed by atoms with Crippen molar-refractivity contribution in [1.82, 2.24) is 15.1 Å². The van der Waals surface area contributed by atoms with Gasteiger partial charge in [-0.25, -0.2) is 0 Å². The van der Waals surface area contributed by atoms with Crippen molar-refractivity contribution in [2.75, 3.05) is 39.8 Å². The first-order valence-corrected chi connectivity index (χ1v) is 10.7. The Balaban J connectivity index is 1.51. The molecule has 5 nitrogen and oxygen atoms in total. The van der Waals surface area contributed by atoms with Crippen molar-refractivity contribution < 1.29 is 9.21 Å². The Hall–Kier alpha value is -1.85. The summed E-state index contributed by atoms with van der Waals surface area (Å²) in [6, 6.07) is 6.12. The molecule has 4 rings (SSSR count). The Labute approximate surface area is 168 Å². The number of nitrogens with one attached hydrogen (secondary N) is 1. The van der Waals surface area contributed by atoms with Gasteiger partial charge in [-0.2, -0.15) is 0 Å². The number of nitrogens with zero attached hydrogens (tertiary/aromatic N) is 2. The molecule has 28 heavy (non-hydrogen) atoms. The number of amides is 1. The highest BCUT2D eigenvalue weighted by atomic mass is 16.3. The predicted molar refractivity (Wildman–Crippen MR) is 113 cm³/mol. The Morgan fingerprint density at radius 3 is 2.54 bits per heavy atom. The van der Waals surface area contributed by atoms with E-state index in [0.29, 0.717) is 12.3 Å². The quantitative estimate of drug-likeness (QED) is 0.874. The second-order valence-corrected chi connectivity index (χ2v) is 8.81. The molecule has 5 heteroatoms. The smallest absolute Gasteiger partial charge is 0.287 e. The highest BCUT2D eigenvalue weighted by Crippen LogP contribution is 2.34. The fourth-order valence-electron chi connectivity index (χ4n) is 4.97. The van der Waals surface area contributed by atoms with Crippen LogP contribution in [-0.2, 0) is 0 Å². The van der Waals surface area contributed by atoms with E-state index in [-0.39, 0.29) is 11.4 Å². The maximum atomic E-state index is 13.0. The molecule has 0 spiro atoms. The summed E-state index contributed by atoms with van der Waals surface area (Å²) in [5.74, 6) is 0.385. The minimum absolute atomic E-state index is 0.0783. The minimum atomic E-state index is -0.0783. The van der Waals surface area contributed by atoms with Gasteiger partial charge >= 0.3 is 0 Å². The van der Waals surface area contributed by atoms with Gasteiger partial charge in [-0.05, 0) is 45.4 Å². The van der Waals surface area contributed by atoms with Crippen LogP contribution < -0.4 is 5.32 Å². The summed E-state index contributed by atoms with van der Waals surface area (Å²) in [6.07, 6.45) is 6.17. The fraction of sp³-hybridized carbons (Fsp3) is 0.609. The van der Waals surface area contributed by atoms with E-state index in [0.717, 1.165) is 48.3 Å². The third-order valence-corrected chi connectivity index (χ3v) is 6.84. The SMILES string of the molecule is Cc1ccc2c(C)c(C(=O)NCC3(N4CCN(C)CC4)CCCCC3)oc2c1. The number of fused-ring (bicyclic) bond motifs is 1. The number of piperazine rings is 1. The number of hydrogen-bond acceptors (Lipinski definition) is 4. The van der Waals surface area contributed by atoms with E-state index >= 15 is 0 Å². The van der Waals surface area contributed by atoms with Crippen LogP contribution in [0.1, 0.15) is 53.8 Å². The first-order chi connectivity index (χ1) is 13.5. The van der Waals surface area contributed by atoms with E-state index in [1.807, 2.05) is 26.0 Å². The van der Waals surface area contributed by atoms with E-state index in [4.69, 9.17) is 4.42 Å². The van der Waals surface area contributed by atoms with Crippen LogP contribution in [0.3, 0.4) is 0 Å². The Kier molecular flexibility index (Phi) is 5.48. The molecule has 1 aliphatic heterocycles. The van der Waals surface area contributed by atoms with Crippen LogP contribution in [0.15, 0.2) is 22.6 Å². The van der Waals surface area contributed by atoms with E-state index < -0.39 is 0 Å². The molecule has 2 fully saturated rings. The van der Waals surface area contributed by atoms with Crippen molar-refractivity contribution in [3.63, 3.8) is 0 Å². The number of furan rings is 1. The van der Waals surface area contributed by atoms with E-state index in [1.54, 1.807) is 0 Å². The zero-order valence-electron chi connectivity index (χ0n) is 17.5.